The topological polar surface area (TPSA) is 165 Å². The van der Waals surface area contributed by atoms with E-state index in [4.69, 9.17) is 0 Å². The summed E-state index contributed by atoms with van der Waals surface area (Å²) in [6.07, 6.45) is 3.75. The van der Waals surface area contributed by atoms with Gasteiger partial charge in [-0.2, -0.15) is 0 Å². The summed E-state index contributed by atoms with van der Waals surface area (Å²) >= 11 is 0. The molecule has 0 aliphatic carbocycles. The number of aromatic amines is 1. The highest BCUT2D eigenvalue weighted by Crippen LogP contribution is 2.45. The number of hydrogen-bond donors (Lipinski definition) is 5. The molecular weight excluding hydrogens is 508 g/mol. The molecule has 0 fully saturated rings. The summed E-state index contributed by atoms with van der Waals surface area (Å²) in [4.78, 5) is 51.6. The van der Waals surface area contributed by atoms with Gasteiger partial charge in [0.2, 0.25) is 0 Å². The number of hydrogen-bond acceptors (Lipinski definition) is 4. The van der Waals surface area contributed by atoms with Crippen LogP contribution in [-0.4, -0.2) is 57.7 Å². The van der Waals surface area contributed by atoms with Crippen molar-refractivity contribution in [2.45, 2.75) is 0 Å². The molecule has 0 bridgehead atoms. The van der Waals surface area contributed by atoms with Crippen LogP contribution in [0.4, 0.5) is 4.70 Å². The first-order valence-electron chi connectivity index (χ1n) is 10.9. The van der Waals surface area contributed by atoms with Crippen LogP contribution in [0.2, 0.25) is 0 Å². The van der Waals surface area contributed by atoms with Gasteiger partial charge in [0.1, 0.15) is 0 Å². The number of carbonyl (C=O) groups is 4. The van der Waals surface area contributed by atoms with Crippen molar-refractivity contribution in [1.82, 2.24) is 4.98 Å². The van der Waals surface area contributed by atoms with E-state index in [0.717, 1.165) is 5.39 Å². The molecule has 0 aliphatic rings. The van der Waals surface area contributed by atoms with Gasteiger partial charge in [0.05, 0.1) is 30.7 Å². The summed E-state index contributed by atoms with van der Waals surface area (Å²) in [5.41, 5.74) is -2.93. The van der Waals surface area contributed by atoms with E-state index in [1.54, 1.807) is 24.3 Å². The number of halogens is 1. The van der Waals surface area contributed by atoms with Gasteiger partial charge in [0, 0.05) is 28.6 Å². The molecule has 0 amide bonds. The average molecular weight is 529 g/mol. The number of nitrogens with one attached hydrogen (secondary N) is 1. The summed E-state index contributed by atoms with van der Waals surface area (Å²) in [5, 5.41) is 42.3. The van der Waals surface area contributed by atoms with E-state index in [9.17, 15) is 39.6 Å². The second-order valence-corrected chi connectivity index (χ2v) is 8.23. The number of carboxylic acid groups (broad SMARTS) is 4. The number of aromatic carboxylic acids is 4. The lowest BCUT2D eigenvalue weighted by Gasteiger charge is -2.20. The van der Waals surface area contributed by atoms with E-state index in [1.807, 2.05) is 36.7 Å². The minimum absolute atomic E-state index is 0. The quantitative estimate of drug-likeness (QED) is 0.126. The Morgan fingerprint density at radius 1 is 0.513 bits per heavy atom. The molecule has 0 spiro atoms. The number of rotatable bonds is 4. The maximum Gasteiger partial charge on any atom is 0.337 e. The molecule has 5 N–H and O–H groups in total. The maximum absolute atomic E-state index is 12.3. The average Bonchev–Trinajstić information content (AvgIpc) is 3.45. The first-order chi connectivity index (χ1) is 17.7. The Balaban J connectivity index is 0.000000542. The second-order valence-electron chi connectivity index (χ2n) is 8.23. The summed E-state index contributed by atoms with van der Waals surface area (Å²) in [6, 6.07) is 17.1. The fourth-order valence-corrected chi connectivity index (χ4v) is 4.99. The van der Waals surface area contributed by atoms with E-state index >= 15 is 0 Å². The predicted octanol–water partition coefficient (Wildman–Crippen LogP) is 4.51. The molecule has 11 heteroatoms. The number of H-pyrrole nitrogens is 1. The Labute approximate surface area is 220 Å². The smallest absolute Gasteiger partial charge is 0.337 e. The lowest BCUT2D eigenvalue weighted by Crippen LogP contribution is -2.18. The first-order valence-corrected chi connectivity index (χ1v) is 10.9. The standard InChI is InChI=1S/C24H12O8.C4H5N.BH3.FH/c25-21(26)13-8-7-11-10-5-1-3-9-4-2-6-12(14(9)10)16-15(11)17(13)19(23(29)30)20(24(31)32)18(16)22(27)28;1-2-4-5-3-1;;/h1-8H,(H,25,26)(H,27,28)(H,29,30)(H,31,32);1-5H;1H3;1H. The van der Waals surface area contributed by atoms with Crippen LogP contribution in [0.3, 0.4) is 0 Å². The van der Waals surface area contributed by atoms with Gasteiger partial charge >= 0.3 is 23.9 Å². The van der Waals surface area contributed by atoms with Crippen molar-refractivity contribution in [2.75, 3.05) is 0 Å². The van der Waals surface area contributed by atoms with Crippen LogP contribution in [0.25, 0.3) is 43.1 Å². The molecule has 0 saturated carbocycles. The van der Waals surface area contributed by atoms with Gasteiger partial charge in [-0.05, 0) is 45.1 Å². The monoisotopic (exact) mass is 529 g/mol. The van der Waals surface area contributed by atoms with Crippen molar-refractivity contribution >= 4 is 75.4 Å². The summed E-state index contributed by atoms with van der Waals surface area (Å²) in [5.74, 6) is -6.58. The Morgan fingerprint density at radius 3 is 1.51 bits per heavy atom. The molecule has 9 nitrogen and oxygen atoms in total. The summed E-state index contributed by atoms with van der Waals surface area (Å²) < 4.78 is 0. The largest absolute Gasteiger partial charge is 0.478 e. The van der Waals surface area contributed by atoms with Gasteiger partial charge in [0.15, 0.2) is 0 Å². The minimum atomic E-state index is -1.77. The minimum Gasteiger partial charge on any atom is -0.478 e. The van der Waals surface area contributed by atoms with Crippen LogP contribution < -0.4 is 0 Å². The van der Waals surface area contributed by atoms with Crippen molar-refractivity contribution in [3.05, 3.63) is 95.3 Å². The van der Waals surface area contributed by atoms with Crippen LogP contribution in [0.15, 0.2) is 73.1 Å². The fraction of sp³-hybridized carbons (Fsp3) is 0. The molecule has 0 unspecified atom stereocenters. The van der Waals surface area contributed by atoms with Crippen LogP contribution in [0.1, 0.15) is 41.4 Å². The first kappa shape index (κ1) is 28.1. The van der Waals surface area contributed by atoms with E-state index in [1.165, 1.54) is 12.1 Å². The molecule has 196 valence electrons. The highest BCUT2D eigenvalue weighted by atomic mass is 19.0. The molecule has 0 saturated heterocycles. The van der Waals surface area contributed by atoms with Crippen molar-refractivity contribution < 1.29 is 44.3 Å². The van der Waals surface area contributed by atoms with Gasteiger partial charge in [-0.15, -0.1) is 0 Å². The van der Waals surface area contributed by atoms with Gasteiger partial charge in [-0.1, -0.05) is 42.5 Å². The van der Waals surface area contributed by atoms with Crippen molar-refractivity contribution in [2.24, 2.45) is 0 Å². The molecular formula is C28H21BFNO8. The normalized spacial score (nSPS) is 10.5. The summed E-state index contributed by atoms with van der Waals surface area (Å²) in [6.45, 7) is 0. The van der Waals surface area contributed by atoms with Crippen molar-refractivity contribution in [3.8, 4) is 0 Å². The van der Waals surface area contributed by atoms with Crippen LogP contribution in [0, 0.1) is 0 Å². The Morgan fingerprint density at radius 2 is 1.03 bits per heavy atom. The van der Waals surface area contributed by atoms with Gasteiger partial charge in [-0.25, -0.2) is 19.2 Å². The van der Waals surface area contributed by atoms with Crippen LogP contribution in [-0.2, 0) is 0 Å². The third-order valence-electron chi connectivity index (χ3n) is 6.29. The zero-order chi connectivity index (χ0) is 26.4. The molecule has 0 atom stereocenters. The van der Waals surface area contributed by atoms with Crippen LogP contribution in [0.5, 0.6) is 0 Å². The van der Waals surface area contributed by atoms with Gasteiger partial charge < -0.3 is 25.4 Å². The zero-order valence-corrected chi connectivity index (χ0v) is 19.3. The number of fused-ring (bicyclic) bond motifs is 2. The number of aromatic nitrogens is 1. The highest BCUT2D eigenvalue weighted by Gasteiger charge is 2.33. The predicted molar refractivity (Wildman–Crippen MR) is 149 cm³/mol. The Bertz CT molecular complexity index is 1880. The third kappa shape index (κ3) is 4.25. The lowest BCUT2D eigenvalue weighted by atomic mass is 9.81. The lowest BCUT2D eigenvalue weighted by molar-refractivity contribution is 0.0635. The number of carboxylic acids is 4. The van der Waals surface area contributed by atoms with E-state index in [-0.39, 0.29) is 29.3 Å². The zero-order valence-electron chi connectivity index (χ0n) is 19.3. The highest BCUT2D eigenvalue weighted by molar-refractivity contribution is 6.40. The van der Waals surface area contributed by atoms with Crippen molar-refractivity contribution in [3.63, 3.8) is 0 Å². The van der Waals surface area contributed by atoms with Gasteiger partial charge in [0.25, 0.3) is 0 Å². The molecule has 0 radical (unpaired) electrons. The van der Waals surface area contributed by atoms with Gasteiger partial charge in [-0.3, -0.25) is 4.70 Å². The molecule has 5 aromatic carbocycles. The molecule has 6 aromatic rings. The molecule has 1 heterocycles. The van der Waals surface area contributed by atoms with Crippen LogP contribution >= 0.6 is 0 Å². The maximum atomic E-state index is 12.3. The molecule has 0 aliphatic heterocycles. The fourth-order valence-electron chi connectivity index (χ4n) is 4.99. The van der Waals surface area contributed by atoms with E-state index < -0.39 is 46.1 Å². The molecule has 1 aromatic heterocycles. The third-order valence-corrected chi connectivity index (χ3v) is 6.29. The van der Waals surface area contributed by atoms with E-state index in [2.05, 4.69) is 4.98 Å². The number of benzene rings is 5. The second kappa shape index (κ2) is 10.5. The molecule has 39 heavy (non-hydrogen) atoms. The molecule has 6 rings (SSSR count). The Hall–Kier alpha value is -5.45. The summed E-state index contributed by atoms with van der Waals surface area (Å²) in [7, 11) is 0. The van der Waals surface area contributed by atoms with E-state index in [0.29, 0.717) is 21.5 Å². The van der Waals surface area contributed by atoms with Crippen molar-refractivity contribution in [1.29, 1.82) is 0 Å². The SMILES string of the molecule is B.F.O=C(O)c1c(C(=O)O)c2c(C(=O)O)ccc3c4cccc5cccc(c(c1C(=O)O)c23)c54.c1cc[nH]c1. The Kier molecular flexibility index (Phi) is 7.58.